The van der Waals surface area contributed by atoms with Crippen molar-refractivity contribution < 1.29 is 19.1 Å². The predicted octanol–water partition coefficient (Wildman–Crippen LogP) is 1.21. The summed E-state index contributed by atoms with van der Waals surface area (Å²) in [5.74, 6) is -2.15. The van der Waals surface area contributed by atoms with Crippen LogP contribution in [0.25, 0.3) is 0 Å². The number of piperidine rings is 1. The molecule has 1 spiro atoms. The number of fused-ring (bicyclic) bond motifs is 3. The van der Waals surface area contributed by atoms with E-state index >= 15 is 0 Å². The van der Waals surface area contributed by atoms with Gasteiger partial charge in [-0.2, -0.15) is 8.75 Å². The van der Waals surface area contributed by atoms with Crippen molar-refractivity contribution in [3.63, 3.8) is 0 Å². The molecule has 1 aromatic heterocycles. The van der Waals surface area contributed by atoms with Crippen molar-refractivity contribution in [2.75, 3.05) is 18.8 Å². The minimum Gasteiger partial charge on any atom is -0.399 e. The van der Waals surface area contributed by atoms with Crippen LogP contribution in [-0.4, -0.2) is 50.3 Å². The number of nitrogens with zero attached hydrogens (tertiary/aromatic N) is 3. The van der Waals surface area contributed by atoms with Crippen LogP contribution in [0.2, 0.25) is 0 Å². The first-order valence-corrected chi connectivity index (χ1v) is 9.04. The summed E-state index contributed by atoms with van der Waals surface area (Å²) in [6.45, 7) is 3.62. The van der Waals surface area contributed by atoms with Gasteiger partial charge in [0.15, 0.2) is 0 Å². The lowest BCUT2D eigenvalue weighted by Gasteiger charge is -2.37. The molecular formula is C13H15N3O4S2. The molecule has 0 N–H and O–H groups in total. The second-order valence-corrected chi connectivity index (χ2v) is 7.30. The maximum absolute atomic E-state index is 11.6. The van der Waals surface area contributed by atoms with Gasteiger partial charge in [-0.05, 0) is 24.5 Å². The van der Waals surface area contributed by atoms with Crippen LogP contribution < -0.4 is 0 Å². The average molecular weight is 341 g/mol. The van der Waals surface area contributed by atoms with E-state index in [2.05, 4.69) is 15.7 Å². The first-order chi connectivity index (χ1) is 10.7. The van der Waals surface area contributed by atoms with E-state index in [1.807, 2.05) is 4.90 Å². The van der Waals surface area contributed by atoms with Gasteiger partial charge < -0.3 is 9.47 Å². The number of aromatic nitrogens is 2. The highest BCUT2D eigenvalue weighted by Crippen LogP contribution is 2.55. The van der Waals surface area contributed by atoms with Gasteiger partial charge in [-0.3, -0.25) is 0 Å². The molecule has 3 unspecified atom stereocenters. The van der Waals surface area contributed by atoms with Gasteiger partial charge in [0.1, 0.15) is 16.6 Å². The van der Waals surface area contributed by atoms with Crippen LogP contribution in [0, 0.1) is 5.92 Å². The van der Waals surface area contributed by atoms with Crippen molar-refractivity contribution >= 4 is 35.4 Å². The van der Waals surface area contributed by atoms with Crippen LogP contribution >= 0.6 is 23.5 Å². The lowest BCUT2D eigenvalue weighted by molar-refractivity contribution is -0.249. The lowest BCUT2D eigenvalue weighted by Crippen LogP contribution is -2.50. The molecule has 3 atom stereocenters. The molecule has 0 aliphatic carbocycles. The molecule has 2 bridgehead atoms. The number of ether oxygens (including phenoxy) is 2. The SMILES string of the molecule is CCCSc1nsnc1C1C2CCN(C2)C12OC(=O)C(=O)O2. The highest BCUT2D eigenvalue weighted by molar-refractivity contribution is 7.99. The quantitative estimate of drug-likeness (QED) is 0.459. The Kier molecular flexibility index (Phi) is 3.39. The van der Waals surface area contributed by atoms with Crippen molar-refractivity contribution in [2.45, 2.75) is 36.6 Å². The molecule has 1 aromatic rings. The number of rotatable bonds is 4. The summed E-state index contributed by atoms with van der Waals surface area (Å²) in [5.41, 5.74) is 0.804. The average Bonchev–Trinajstić information content (AvgIpc) is 3.23. The molecule has 3 saturated heterocycles. The van der Waals surface area contributed by atoms with Crippen molar-refractivity contribution in [1.82, 2.24) is 13.6 Å². The summed E-state index contributed by atoms with van der Waals surface area (Å²) in [5, 5.41) is 0.865. The van der Waals surface area contributed by atoms with E-state index in [0.29, 0.717) is 0 Å². The van der Waals surface area contributed by atoms with Crippen LogP contribution in [-0.2, 0) is 19.1 Å². The van der Waals surface area contributed by atoms with E-state index in [1.165, 1.54) is 0 Å². The van der Waals surface area contributed by atoms with Crippen LogP contribution in [0.3, 0.4) is 0 Å². The van der Waals surface area contributed by atoms with Gasteiger partial charge in [-0.25, -0.2) is 14.5 Å². The molecule has 0 saturated carbocycles. The third-order valence-corrected chi connectivity index (χ3v) is 6.24. The first kappa shape index (κ1) is 14.4. The zero-order valence-electron chi connectivity index (χ0n) is 12.0. The Hall–Kier alpha value is -1.19. The normalized spacial score (nSPS) is 31.8. The Balaban J connectivity index is 1.72. The molecule has 3 fully saturated rings. The molecule has 3 aliphatic heterocycles. The molecular weight excluding hydrogens is 326 g/mol. The predicted molar refractivity (Wildman–Crippen MR) is 78.3 cm³/mol. The maximum Gasteiger partial charge on any atom is 0.421 e. The van der Waals surface area contributed by atoms with E-state index in [0.717, 1.165) is 54.1 Å². The summed E-state index contributed by atoms with van der Waals surface area (Å²) in [4.78, 5) is 25.2. The van der Waals surface area contributed by atoms with Gasteiger partial charge in [0.05, 0.1) is 11.7 Å². The fourth-order valence-electron chi connectivity index (χ4n) is 3.54. The molecule has 22 heavy (non-hydrogen) atoms. The van der Waals surface area contributed by atoms with Gasteiger partial charge in [0.25, 0.3) is 0 Å². The summed E-state index contributed by atoms with van der Waals surface area (Å²) in [7, 11) is 0. The molecule has 0 aromatic carbocycles. The standard InChI is InChI=1S/C13H15N3O4S2/c1-2-5-21-10-9(14-22-15-10)8-7-3-4-16(6-7)13(8)19-11(17)12(18)20-13/h7-8H,2-6H2,1H3. The third-order valence-electron chi connectivity index (χ3n) is 4.39. The number of hydrogen-bond acceptors (Lipinski definition) is 9. The van der Waals surface area contributed by atoms with Crippen LogP contribution in [0.5, 0.6) is 0 Å². The van der Waals surface area contributed by atoms with Gasteiger partial charge >= 0.3 is 17.8 Å². The monoisotopic (exact) mass is 341 g/mol. The summed E-state index contributed by atoms with van der Waals surface area (Å²) >= 11 is 2.80. The Labute approximate surface area is 135 Å². The second kappa shape index (κ2) is 5.17. The Bertz CT molecular complexity index is 619. The van der Waals surface area contributed by atoms with Crippen molar-refractivity contribution in [1.29, 1.82) is 0 Å². The smallest absolute Gasteiger partial charge is 0.399 e. The van der Waals surface area contributed by atoms with E-state index < -0.39 is 17.8 Å². The largest absolute Gasteiger partial charge is 0.421 e. The maximum atomic E-state index is 11.6. The Morgan fingerprint density at radius 2 is 2.14 bits per heavy atom. The molecule has 118 valence electrons. The fourth-order valence-corrected chi connectivity index (χ4v) is 5.12. The molecule has 4 heterocycles. The van der Waals surface area contributed by atoms with Crippen LogP contribution in [0.1, 0.15) is 31.4 Å². The molecule has 7 nitrogen and oxygen atoms in total. The highest BCUT2D eigenvalue weighted by Gasteiger charge is 2.68. The Morgan fingerprint density at radius 1 is 1.36 bits per heavy atom. The zero-order chi connectivity index (χ0) is 15.3. The number of esters is 2. The van der Waals surface area contributed by atoms with E-state index in [4.69, 9.17) is 9.47 Å². The van der Waals surface area contributed by atoms with E-state index in [9.17, 15) is 9.59 Å². The van der Waals surface area contributed by atoms with E-state index in [-0.39, 0.29) is 11.8 Å². The topological polar surface area (TPSA) is 81.6 Å². The van der Waals surface area contributed by atoms with Gasteiger partial charge in [0.2, 0.25) is 0 Å². The molecule has 3 aliphatic rings. The number of carbonyl (C=O) groups is 2. The second-order valence-electron chi connectivity index (χ2n) is 5.69. The van der Waals surface area contributed by atoms with Gasteiger partial charge in [-0.1, -0.05) is 6.92 Å². The molecule has 4 rings (SSSR count). The van der Waals surface area contributed by atoms with Gasteiger partial charge in [-0.15, -0.1) is 11.8 Å². The lowest BCUT2D eigenvalue weighted by atomic mass is 9.87. The van der Waals surface area contributed by atoms with Crippen molar-refractivity contribution in [2.24, 2.45) is 5.92 Å². The number of hydrogen-bond donors (Lipinski definition) is 0. The minimum atomic E-state index is -1.30. The van der Waals surface area contributed by atoms with Crippen molar-refractivity contribution in [3.05, 3.63) is 5.69 Å². The molecule has 9 heteroatoms. The number of thioether (sulfide) groups is 1. The van der Waals surface area contributed by atoms with Crippen LogP contribution in [0.15, 0.2) is 5.03 Å². The third kappa shape index (κ3) is 1.92. The minimum absolute atomic E-state index is 0.241. The highest BCUT2D eigenvalue weighted by atomic mass is 32.2. The molecule has 0 amide bonds. The van der Waals surface area contributed by atoms with E-state index in [1.54, 1.807) is 11.8 Å². The van der Waals surface area contributed by atoms with Crippen molar-refractivity contribution in [3.8, 4) is 0 Å². The number of carbonyl (C=O) groups excluding carboxylic acids is 2. The first-order valence-electron chi connectivity index (χ1n) is 7.32. The zero-order valence-corrected chi connectivity index (χ0v) is 13.6. The molecule has 0 radical (unpaired) electrons. The fraction of sp³-hybridized carbons (Fsp3) is 0.692. The summed E-state index contributed by atoms with van der Waals surface area (Å²) in [6.07, 6.45) is 2.02. The van der Waals surface area contributed by atoms with Gasteiger partial charge in [0, 0.05) is 13.1 Å². The Morgan fingerprint density at radius 3 is 2.86 bits per heavy atom. The summed E-state index contributed by atoms with van der Waals surface area (Å²) < 4.78 is 19.6. The summed E-state index contributed by atoms with van der Waals surface area (Å²) in [6, 6.07) is 0. The van der Waals surface area contributed by atoms with Crippen LogP contribution in [0.4, 0.5) is 0 Å².